The number of rotatable bonds is 1. The average molecular weight is 481 g/mol. The first kappa shape index (κ1) is 20.4. The van der Waals surface area contributed by atoms with Crippen LogP contribution in [0.25, 0.3) is 44.5 Å². The topological polar surface area (TPSA) is 0 Å². The zero-order valence-corrected chi connectivity index (χ0v) is 20.9. The zero-order chi connectivity index (χ0) is 24.8. The Balaban J connectivity index is 1.32. The Hall–Kier alpha value is -4.68. The van der Waals surface area contributed by atoms with Crippen LogP contribution in [0, 0.1) is 0 Å². The molecule has 0 aromatic heterocycles. The molecule has 0 saturated heterocycles. The molecule has 0 unspecified atom stereocenters. The zero-order valence-electron chi connectivity index (χ0n) is 20.9. The molecule has 3 aliphatic carbocycles. The van der Waals surface area contributed by atoms with Crippen LogP contribution in [0.2, 0.25) is 0 Å². The van der Waals surface area contributed by atoms with E-state index in [2.05, 4.69) is 133 Å². The van der Waals surface area contributed by atoms with Crippen LogP contribution in [-0.2, 0) is 11.8 Å². The minimum absolute atomic E-state index is 0.271. The van der Waals surface area contributed by atoms with E-state index in [-0.39, 0.29) is 5.41 Å². The fourth-order valence-electron chi connectivity index (χ4n) is 7.69. The molecule has 0 atom stereocenters. The molecule has 1 spiro atoms. The normalized spacial score (nSPS) is 14.4. The molecule has 3 aliphatic rings. The Morgan fingerprint density at radius 3 is 1.55 bits per heavy atom. The van der Waals surface area contributed by atoms with E-state index < -0.39 is 0 Å². The predicted octanol–water partition coefficient (Wildman–Crippen LogP) is 9.27. The molecule has 0 amide bonds. The van der Waals surface area contributed by atoms with Gasteiger partial charge < -0.3 is 0 Å². The molecule has 176 valence electrons. The van der Waals surface area contributed by atoms with Gasteiger partial charge in [0.25, 0.3) is 0 Å². The molecule has 0 N–H and O–H groups in total. The van der Waals surface area contributed by atoms with Crippen LogP contribution in [0.1, 0.15) is 33.4 Å². The van der Waals surface area contributed by atoms with Crippen LogP contribution in [0.3, 0.4) is 0 Å². The number of fused-ring (bicyclic) bond motifs is 13. The first-order valence-corrected chi connectivity index (χ1v) is 13.5. The highest BCUT2D eigenvalue weighted by molar-refractivity contribution is 5.96. The van der Waals surface area contributed by atoms with Crippen LogP contribution >= 0.6 is 0 Å². The van der Waals surface area contributed by atoms with Crippen LogP contribution in [0.5, 0.6) is 0 Å². The van der Waals surface area contributed by atoms with Gasteiger partial charge in [-0.05, 0) is 90.4 Å². The molecule has 6 aromatic rings. The molecule has 9 rings (SSSR count). The van der Waals surface area contributed by atoms with Crippen molar-refractivity contribution in [1.82, 2.24) is 0 Å². The van der Waals surface area contributed by atoms with E-state index in [4.69, 9.17) is 0 Å². The van der Waals surface area contributed by atoms with Gasteiger partial charge in [0.2, 0.25) is 0 Å². The van der Waals surface area contributed by atoms with Gasteiger partial charge in [0.05, 0.1) is 5.41 Å². The SMILES string of the molecule is c1ccc2c(c1)Cc1c(-c3ccc4c(c3)-c3ccccc3C43c4ccccc4-c4ccccc43)cccc1-2. The van der Waals surface area contributed by atoms with E-state index in [9.17, 15) is 0 Å². The molecule has 0 radical (unpaired) electrons. The van der Waals surface area contributed by atoms with E-state index >= 15 is 0 Å². The minimum atomic E-state index is -0.271. The Morgan fingerprint density at radius 1 is 0.368 bits per heavy atom. The molecular weight excluding hydrogens is 456 g/mol. The lowest BCUT2D eigenvalue weighted by Gasteiger charge is -2.30. The van der Waals surface area contributed by atoms with E-state index in [1.165, 1.54) is 77.9 Å². The van der Waals surface area contributed by atoms with Crippen molar-refractivity contribution in [1.29, 1.82) is 0 Å². The first-order chi connectivity index (χ1) is 18.9. The van der Waals surface area contributed by atoms with Gasteiger partial charge in [-0.3, -0.25) is 0 Å². The summed E-state index contributed by atoms with van der Waals surface area (Å²) in [5.41, 5.74) is 19.1. The molecule has 0 bridgehead atoms. The van der Waals surface area contributed by atoms with Crippen molar-refractivity contribution in [2.45, 2.75) is 11.8 Å². The molecule has 0 heterocycles. The smallest absolute Gasteiger partial charge is 0.0619 e. The van der Waals surface area contributed by atoms with Crippen molar-refractivity contribution in [3.05, 3.63) is 167 Å². The summed E-state index contributed by atoms with van der Waals surface area (Å²) in [4.78, 5) is 0. The third kappa shape index (κ3) is 2.37. The maximum absolute atomic E-state index is 2.46. The number of benzene rings is 6. The summed E-state index contributed by atoms with van der Waals surface area (Å²) in [5, 5.41) is 0. The highest BCUT2D eigenvalue weighted by Crippen LogP contribution is 2.63. The first-order valence-electron chi connectivity index (χ1n) is 13.5. The fraction of sp³-hybridized carbons (Fsp3) is 0.0526. The standard InChI is InChI=1S/C38H24/c1-2-11-26-24(10-1)22-32-27(15-9-16-28(26)32)25-20-21-37-33(23-25)31-14-5-8-19-36(31)38(37)34-17-6-3-12-29(34)30-13-4-7-18-35(30)38/h1-21,23H,22H2. The molecular formula is C38H24. The highest BCUT2D eigenvalue weighted by atomic mass is 14.5. The minimum Gasteiger partial charge on any atom is -0.0619 e. The maximum atomic E-state index is 2.46. The molecule has 0 heteroatoms. The molecule has 6 aromatic carbocycles. The monoisotopic (exact) mass is 480 g/mol. The van der Waals surface area contributed by atoms with Crippen LogP contribution in [-0.4, -0.2) is 0 Å². The van der Waals surface area contributed by atoms with E-state index in [0.29, 0.717) is 0 Å². The largest absolute Gasteiger partial charge is 0.0725 e. The lowest BCUT2D eigenvalue weighted by atomic mass is 9.70. The van der Waals surface area contributed by atoms with E-state index in [1.54, 1.807) is 0 Å². The Morgan fingerprint density at radius 2 is 0.868 bits per heavy atom. The van der Waals surface area contributed by atoms with Crippen molar-refractivity contribution >= 4 is 0 Å². The lowest BCUT2D eigenvalue weighted by molar-refractivity contribution is 0.794. The van der Waals surface area contributed by atoms with Gasteiger partial charge in [0.15, 0.2) is 0 Å². The van der Waals surface area contributed by atoms with Crippen molar-refractivity contribution in [2.24, 2.45) is 0 Å². The molecule has 0 aliphatic heterocycles. The summed E-state index contributed by atoms with van der Waals surface area (Å²) in [6.07, 6.45) is 1.00. The molecule has 0 fully saturated rings. The molecule has 38 heavy (non-hydrogen) atoms. The second-order valence-electron chi connectivity index (χ2n) is 10.8. The quantitative estimate of drug-likeness (QED) is 0.220. The average Bonchev–Trinajstić information content (AvgIpc) is 3.61. The third-order valence-electron chi connectivity index (χ3n) is 9.16. The predicted molar refractivity (Wildman–Crippen MR) is 156 cm³/mol. The highest BCUT2D eigenvalue weighted by Gasteiger charge is 2.51. The van der Waals surface area contributed by atoms with Crippen molar-refractivity contribution in [3.63, 3.8) is 0 Å². The van der Waals surface area contributed by atoms with Gasteiger partial charge in [-0.15, -0.1) is 0 Å². The second kappa shape index (κ2) is 7.21. The van der Waals surface area contributed by atoms with Crippen LogP contribution in [0.15, 0.2) is 133 Å². The Labute approximate surface area is 222 Å². The Bertz CT molecular complexity index is 1910. The summed E-state index contributed by atoms with van der Waals surface area (Å²) >= 11 is 0. The lowest BCUT2D eigenvalue weighted by Crippen LogP contribution is -2.25. The van der Waals surface area contributed by atoms with Crippen molar-refractivity contribution in [3.8, 4) is 44.5 Å². The summed E-state index contributed by atoms with van der Waals surface area (Å²) in [6.45, 7) is 0. The third-order valence-corrected chi connectivity index (χ3v) is 9.16. The van der Waals surface area contributed by atoms with Crippen LogP contribution < -0.4 is 0 Å². The van der Waals surface area contributed by atoms with Crippen molar-refractivity contribution in [2.75, 3.05) is 0 Å². The Kier molecular flexibility index (Phi) is 3.87. The maximum Gasteiger partial charge on any atom is 0.0725 e. The van der Waals surface area contributed by atoms with Crippen molar-refractivity contribution < 1.29 is 0 Å². The van der Waals surface area contributed by atoms with Gasteiger partial charge in [-0.1, -0.05) is 127 Å². The van der Waals surface area contributed by atoms with E-state index in [0.717, 1.165) is 6.42 Å². The van der Waals surface area contributed by atoms with Gasteiger partial charge >= 0.3 is 0 Å². The summed E-state index contributed by atoms with van der Waals surface area (Å²) < 4.78 is 0. The number of hydrogen-bond donors (Lipinski definition) is 0. The van der Waals surface area contributed by atoms with Gasteiger partial charge in [-0.25, -0.2) is 0 Å². The van der Waals surface area contributed by atoms with Crippen LogP contribution in [0.4, 0.5) is 0 Å². The summed E-state index contributed by atoms with van der Waals surface area (Å²) in [5.74, 6) is 0. The second-order valence-corrected chi connectivity index (χ2v) is 10.8. The molecule has 0 saturated carbocycles. The van der Waals surface area contributed by atoms with Gasteiger partial charge in [0, 0.05) is 0 Å². The van der Waals surface area contributed by atoms with E-state index in [1.807, 2.05) is 0 Å². The van der Waals surface area contributed by atoms with Gasteiger partial charge in [-0.2, -0.15) is 0 Å². The fourth-order valence-corrected chi connectivity index (χ4v) is 7.69. The van der Waals surface area contributed by atoms with Gasteiger partial charge in [0.1, 0.15) is 0 Å². The summed E-state index contributed by atoms with van der Waals surface area (Å²) in [7, 11) is 0. The summed E-state index contributed by atoms with van der Waals surface area (Å²) in [6, 6.07) is 50.0. The number of hydrogen-bond acceptors (Lipinski definition) is 0. The molecule has 0 nitrogen and oxygen atoms in total.